The average molecular weight is 235 g/mol. The van der Waals surface area contributed by atoms with Crippen LogP contribution in [0.25, 0.3) is 0 Å². The molecular weight excluding hydrogens is 218 g/mol. The molecule has 0 bridgehead atoms. The molecule has 2 aliphatic rings. The SMILES string of the molecule is CNC1CC2CC2CN(c2coc(C)n2)C1=O. The van der Waals surface area contributed by atoms with E-state index in [0.717, 1.165) is 13.0 Å². The largest absolute Gasteiger partial charge is 0.447 e. The van der Waals surface area contributed by atoms with Gasteiger partial charge in [-0.15, -0.1) is 0 Å². The average Bonchev–Trinajstić information content (AvgIpc) is 2.94. The Kier molecular flexibility index (Phi) is 2.43. The molecule has 1 saturated carbocycles. The van der Waals surface area contributed by atoms with Crippen molar-refractivity contribution < 1.29 is 9.21 Å². The summed E-state index contributed by atoms with van der Waals surface area (Å²) in [7, 11) is 1.84. The minimum absolute atomic E-state index is 0.0792. The van der Waals surface area contributed by atoms with Crippen LogP contribution in [0.1, 0.15) is 18.7 Å². The van der Waals surface area contributed by atoms with Crippen LogP contribution < -0.4 is 10.2 Å². The first-order chi connectivity index (χ1) is 8.19. The van der Waals surface area contributed by atoms with Crippen LogP contribution in [0.3, 0.4) is 0 Å². The molecule has 2 heterocycles. The van der Waals surface area contributed by atoms with Crippen LogP contribution in [0.5, 0.6) is 0 Å². The molecule has 5 nitrogen and oxygen atoms in total. The van der Waals surface area contributed by atoms with Crippen LogP contribution in [-0.4, -0.2) is 30.5 Å². The highest BCUT2D eigenvalue weighted by Gasteiger charge is 2.46. The highest BCUT2D eigenvalue weighted by Crippen LogP contribution is 2.45. The predicted octanol–water partition coefficient (Wildman–Crippen LogP) is 0.944. The molecule has 3 unspecified atom stereocenters. The normalized spacial score (nSPS) is 32.2. The first kappa shape index (κ1) is 10.8. The first-order valence-corrected chi connectivity index (χ1v) is 6.10. The van der Waals surface area contributed by atoms with Crippen LogP contribution in [-0.2, 0) is 4.79 Å². The Morgan fingerprint density at radius 1 is 1.47 bits per heavy atom. The Balaban J connectivity index is 1.88. The van der Waals surface area contributed by atoms with Crippen molar-refractivity contribution in [2.24, 2.45) is 11.8 Å². The molecule has 5 heteroatoms. The molecule has 1 aromatic heterocycles. The van der Waals surface area contributed by atoms with Crippen molar-refractivity contribution in [3.8, 4) is 0 Å². The fourth-order valence-electron chi connectivity index (χ4n) is 2.66. The van der Waals surface area contributed by atoms with Gasteiger partial charge in [-0.2, -0.15) is 4.98 Å². The van der Waals surface area contributed by atoms with E-state index >= 15 is 0 Å². The highest BCUT2D eigenvalue weighted by molar-refractivity contribution is 5.96. The van der Waals surface area contributed by atoms with E-state index in [0.29, 0.717) is 23.5 Å². The van der Waals surface area contributed by atoms with E-state index in [9.17, 15) is 4.79 Å². The van der Waals surface area contributed by atoms with Gasteiger partial charge in [0.15, 0.2) is 11.7 Å². The van der Waals surface area contributed by atoms with Gasteiger partial charge >= 0.3 is 0 Å². The fourth-order valence-corrected chi connectivity index (χ4v) is 2.66. The van der Waals surface area contributed by atoms with Gasteiger partial charge < -0.3 is 9.73 Å². The van der Waals surface area contributed by atoms with Crippen LogP contribution in [0.2, 0.25) is 0 Å². The zero-order valence-corrected chi connectivity index (χ0v) is 10.1. The number of likely N-dealkylation sites (N-methyl/N-ethyl adjacent to an activating group) is 1. The van der Waals surface area contributed by atoms with E-state index in [4.69, 9.17) is 4.42 Å². The van der Waals surface area contributed by atoms with Crippen molar-refractivity contribution in [1.29, 1.82) is 0 Å². The van der Waals surface area contributed by atoms with Crippen LogP contribution in [0, 0.1) is 18.8 Å². The number of fused-ring (bicyclic) bond motifs is 1. The summed E-state index contributed by atoms with van der Waals surface area (Å²) in [6.45, 7) is 2.58. The number of nitrogens with zero attached hydrogens (tertiary/aromatic N) is 2. The van der Waals surface area contributed by atoms with Gasteiger partial charge in [-0.3, -0.25) is 9.69 Å². The summed E-state index contributed by atoms with van der Waals surface area (Å²) in [5, 5.41) is 3.11. The zero-order valence-electron chi connectivity index (χ0n) is 10.1. The third-order valence-electron chi connectivity index (χ3n) is 3.82. The van der Waals surface area contributed by atoms with Crippen LogP contribution >= 0.6 is 0 Å². The quantitative estimate of drug-likeness (QED) is 0.829. The lowest BCUT2D eigenvalue weighted by Gasteiger charge is -2.22. The van der Waals surface area contributed by atoms with E-state index in [1.54, 1.807) is 18.1 Å². The number of aryl methyl sites for hydroxylation is 1. The second kappa shape index (κ2) is 3.84. The van der Waals surface area contributed by atoms with Gasteiger partial charge in [-0.05, 0) is 31.7 Å². The Hall–Kier alpha value is -1.36. The van der Waals surface area contributed by atoms with Gasteiger partial charge in [0.05, 0.1) is 6.04 Å². The molecule has 0 spiro atoms. The molecule has 1 saturated heterocycles. The van der Waals surface area contributed by atoms with Gasteiger partial charge in [-0.1, -0.05) is 0 Å². The molecule has 3 atom stereocenters. The Morgan fingerprint density at radius 3 is 2.94 bits per heavy atom. The molecule has 0 radical (unpaired) electrons. The molecule has 92 valence electrons. The number of oxazole rings is 1. The van der Waals surface area contributed by atoms with Crippen molar-refractivity contribution in [2.75, 3.05) is 18.5 Å². The molecular formula is C12H17N3O2. The minimum atomic E-state index is -0.0792. The predicted molar refractivity (Wildman–Crippen MR) is 62.7 cm³/mol. The fraction of sp³-hybridized carbons (Fsp3) is 0.667. The summed E-state index contributed by atoms with van der Waals surface area (Å²) >= 11 is 0. The van der Waals surface area contributed by atoms with Gasteiger partial charge in [0.2, 0.25) is 5.91 Å². The zero-order chi connectivity index (χ0) is 12.0. The molecule has 1 aromatic rings. The maximum absolute atomic E-state index is 12.3. The molecule has 3 rings (SSSR count). The number of hydrogen-bond acceptors (Lipinski definition) is 4. The summed E-state index contributed by atoms with van der Waals surface area (Å²) in [6.07, 6.45) is 3.76. The molecule has 0 aromatic carbocycles. The molecule has 1 aliphatic carbocycles. The lowest BCUT2D eigenvalue weighted by molar-refractivity contribution is -0.120. The monoisotopic (exact) mass is 235 g/mol. The van der Waals surface area contributed by atoms with Crippen molar-refractivity contribution >= 4 is 11.7 Å². The van der Waals surface area contributed by atoms with E-state index in [-0.39, 0.29) is 11.9 Å². The molecule has 1 amide bonds. The topological polar surface area (TPSA) is 58.4 Å². The maximum Gasteiger partial charge on any atom is 0.245 e. The van der Waals surface area contributed by atoms with E-state index in [1.807, 2.05) is 7.05 Å². The van der Waals surface area contributed by atoms with Crippen molar-refractivity contribution in [2.45, 2.75) is 25.8 Å². The number of rotatable bonds is 2. The summed E-state index contributed by atoms with van der Waals surface area (Å²) in [5.41, 5.74) is 0. The third kappa shape index (κ3) is 1.84. The second-order valence-corrected chi connectivity index (χ2v) is 5.01. The first-order valence-electron chi connectivity index (χ1n) is 6.10. The molecule has 2 fully saturated rings. The van der Waals surface area contributed by atoms with Crippen LogP contribution in [0.15, 0.2) is 10.7 Å². The number of carbonyl (C=O) groups is 1. The minimum Gasteiger partial charge on any atom is -0.447 e. The third-order valence-corrected chi connectivity index (χ3v) is 3.82. The number of amides is 1. The Morgan fingerprint density at radius 2 is 2.29 bits per heavy atom. The molecule has 1 N–H and O–H groups in total. The van der Waals surface area contributed by atoms with E-state index in [2.05, 4.69) is 10.3 Å². The van der Waals surface area contributed by atoms with Gasteiger partial charge in [-0.25, -0.2) is 0 Å². The van der Waals surface area contributed by atoms with Crippen molar-refractivity contribution in [1.82, 2.24) is 10.3 Å². The van der Waals surface area contributed by atoms with Gasteiger partial charge in [0, 0.05) is 13.5 Å². The van der Waals surface area contributed by atoms with Crippen molar-refractivity contribution in [3.05, 3.63) is 12.2 Å². The summed E-state index contributed by atoms with van der Waals surface area (Å²) in [4.78, 5) is 18.4. The van der Waals surface area contributed by atoms with Crippen LogP contribution in [0.4, 0.5) is 5.82 Å². The number of aromatic nitrogens is 1. The van der Waals surface area contributed by atoms with E-state index in [1.165, 1.54) is 6.42 Å². The summed E-state index contributed by atoms with van der Waals surface area (Å²) in [5.74, 6) is 2.72. The number of carbonyl (C=O) groups excluding carboxylic acids is 1. The summed E-state index contributed by atoms with van der Waals surface area (Å²) < 4.78 is 5.20. The lowest BCUT2D eigenvalue weighted by atomic mass is 10.1. The van der Waals surface area contributed by atoms with Crippen molar-refractivity contribution in [3.63, 3.8) is 0 Å². The summed E-state index contributed by atoms with van der Waals surface area (Å²) in [6, 6.07) is -0.0792. The number of hydrogen-bond donors (Lipinski definition) is 1. The number of nitrogens with one attached hydrogen (secondary N) is 1. The Bertz CT molecular complexity index is 443. The number of anilines is 1. The lowest BCUT2D eigenvalue weighted by Crippen LogP contribution is -2.45. The smallest absolute Gasteiger partial charge is 0.245 e. The van der Waals surface area contributed by atoms with Gasteiger partial charge in [0.1, 0.15) is 6.26 Å². The second-order valence-electron chi connectivity index (χ2n) is 5.01. The van der Waals surface area contributed by atoms with E-state index < -0.39 is 0 Å². The maximum atomic E-state index is 12.3. The Labute approximate surface area is 100 Å². The molecule has 1 aliphatic heterocycles. The highest BCUT2D eigenvalue weighted by atomic mass is 16.3. The standard InChI is InChI=1S/C12H17N3O2/c1-7-14-11(6-17-7)15-5-9-3-8(9)4-10(13-2)12(15)16/h6,8-10,13H,3-5H2,1-2H3. The van der Waals surface area contributed by atoms with Gasteiger partial charge in [0.25, 0.3) is 0 Å². The molecule has 17 heavy (non-hydrogen) atoms.